The van der Waals surface area contributed by atoms with E-state index in [-0.39, 0.29) is 0 Å². The average Bonchev–Trinajstić information content (AvgIpc) is 3.02. The Kier molecular flexibility index (Phi) is 3.29. The van der Waals surface area contributed by atoms with Crippen molar-refractivity contribution in [1.29, 1.82) is 0 Å². The van der Waals surface area contributed by atoms with Gasteiger partial charge in [-0.1, -0.05) is 0 Å². The van der Waals surface area contributed by atoms with Crippen LogP contribution in [0.2, 0.25) is 0 Å². The maximum Gasteiger partial charge on any atom is 0.0771 e. The molecule has 0 amide bonds. The lowest BCUT2D eigenvalue weighted by molar-refractivity contribution is 0.0940. The molecule has 0 radical (unpaired) electrons. The van der Waals surface area contributed by atoms with Gasteiger partial charge in [0.25, 0.3) is 0 Å². The molecule has 0 bridgehead atoms. The monoisotopic (exact) mass is 236 g/mol. The van der Waals surface area contributed by atoms with Crippen LogP contribution in [0, 0.1) is 0 Å². The van der Waals surface area contributed by atoms with Crippen LogP contribution in [0.1, 0.15) is 19.3 Å². The molecule has 3 rings (SSSR count). The Morgan fingerprint density at radius 1 is 1.53 bits per heavy atom. The predicted molar refractivity (Wildman–Crippen MR) is 66.1 cm³/mol. The molecule has 5 nitrogen and oxygen atoms in total. The summed E-state index contributed by atoms with van der Waals surface area (Å²) in [5.74, 6) is 0. The topological polar surface area (TPSA) is 51.1 Å². The highest BCUT2D eigenvalue weighted by atomic mass is 16.5. The van der Waals surface area contributed by atoms with Crippen LogP contribution in [0.25, 0.3) is 0 Å². The second-order valence-electron chi connectivity index (χ2n) is 4.92. The lowest BCUT2D eigenvalue weighted by Gasteiger charge is -2.10. The minimum Gasteiger partial charge on any atom is -0.378 e. The van der Waals surface area contributed by atoms with Crippen molar-refractivity contribution < 1.29 is 4.74 Å². The molecule has 2 N–H and O–H groups in total. The van der Waals surface area contributed by atoms with Gasteiger partial charge in [0.1, 0.15) is 0 Å². The highest BCUT2D eigenvalue weighted by molar-refractivity contribution is 5.39. The summed E-state index contributed by atoms with van der Waals surface area (Å²) < 4.78 is 7.60. The summed E-state index contributed by atoms with van der Waals surface area (Å²) in [6.07, 6.45) is 7.89. The van der Waals surface area contributed by atoms with Gasteiger partial charge in [0, 0.05) is 25.4 Å². The molecule has 0 saturated carbocycles. The van der Waals surface area contributed by atoms with E-state index >= 15 is 0 Å². The number of rotatable bonds is 4. The van der Waals surface area contributed by atoms with Crippen LogP contribution in [0.3, 0.4) is 0 Å². The van der Waals surface area contributed by atoms with Crippen molar-refractivity contribution in [2.45, 2.75) is 38.0 Å². The molecule has 2 atom stereocenters. The molecular weight excluding hydrogens is 216 g/mol. The Morgan fingerprint density at radius 3 is 3.29 bits per heavy atom. The van der Waals surface area contributed by atoms with Crippen LogP contribution in [-0.4, -0.2) is 41.6 Å². The Morgan fingerprint density at radius 2 is 2.53 bits per heavy atom. The largest absolute Gasteiger partial charge is 0.378 e. The van der Waals surface area contributed by atoms with Crippen molar-refractivity contribution in [2.75, 3.05) is 25.0 Å². The van der Waals surface area contributed by atoms with Crippen LogP contribution in [0.15, 0.2) is 12.4 Å². The minimum atomic E-state index is 0.357. The third-order valence-electron chi connectivity index (χ3n) is 3.48. The fourth-order valence-electron chi connectivity index (χ4n) is 2.55. The second kappa shape index (κ2) is 5.06. The quantitative estimate of drug-likeness (QED) is 0.813. The van der Waals surface area contributed by atoms with Crippen molar-refractivity contribution >= 4 is 5.69 Å². The van der Waals surface area contributed by atoms with Crippen LogP contribution < -0.4 is 10.6 Å². The number of anilines is 1. The molecule has 0 spiro atoms. The number of hydrogen-bond donors (Lipinski definition) is 2. The molecular formula is C12H20N4O. The first-order chi connectivity index (χ1) is 8.40. The van der Waals surface area contributed by atoms with Gasteiger partial charge in [-0.15, -0.1) is 0 Å². The van der Waals surface area contributed by atoms with Gasteiger partial charge in [-0.2, -0.15) is 5.10 Å². The third kappa shape index (κ3) is 2.79. The van der Waals surface area contributed by atoms with E-state index in [2.05, 4.69) is 21.9 Å². The zero-order valence-corrected chi connectivity index (χ0v) is 10.1. The van der Waals surface area contributed by atoms with E-state index in [0.29, 0.717) is 12.1 Å². The number of hydrogen-bond acceptors (Lipinski definition) is 4. The molecule has 2 aliphatic heterocycles. The minimum absolute atomic E-state index is 0.357. The van der Waals surface area contributed by atoms with E-state index < -0.39 is 0 Å². The fourth-order valence-corrected chi connectivity index (χ4v) is 2.55. The highest BCUT2D eigenvalue weighted by Gasteiger charge is 2.17. The summed E-state index contributed by atoms with van der Waals surface area (Å²) in [6, 6.07) is 0.551. The van der Waals surface area contributed by atoms with Crippen LogP contribution >= 0.6 is 0 Å². The van der Waals surface area contributed by atoms with E-state index in [9.17, 15) is 0 Å². The standard InChI is InChI=1S/C12H20N4O/c1-2-12(17-5-1)9-16-8-11(7-14-16)15-10-3-4-13-6-10/h7-8,10,12-13,15H,1-6,9H2. The van der Waals surface area contributed by atoms with Crippen molar-refractivity contribution in [3.8, 4) is 0 Å². The molecule has 94 valence electrons. The summed E-state index contributed by atoms with van der Waals surface area (Å²) in [5.41, 5.74) is 1.12. The molecule has 1 aromatic heterocycles. The van der Waals surface area contributed by atoms with E-state index in [1.54, 1.807) is 0 Å². The van der Waals surface area contributed by atoms with E-state index in [1.165, 1.54) is 12.8 Å². The van der Waals surface area contributed by atoms with Gasteiger partial charge in [0.2, 0.25) is 0 Å². The molecule has 1 aromatic rings. The van der Waals surface area contributed by atoms with Crippen molar-refractivity contribution in [3.63, 3.8) is 0 Å². The van der Waals surface area contributed by atoms with Crippen LogP contribution in [-0.2, 0) is 11.3 Å². The van der Waals surface area contributed by atoms with Gasteiger partial charge in [0.05, 0.1) is 24.5 Å². The lowest BCUT2D eigenvalue weighted by Crippen LogP contribution is -2.21. The first-order valence-electron chi connectivity index (χ1n) is 6.51. The highest BCUT2D eigenvalue weighted by Crippen LogP contribution is 2.15. The van der Waals surface area contributed by atoms with Gasteiger partial charge in [-0.3, -0.25) is 4.68 Å². The predicted octanol–water partition coefficient (Wildman–Crippen LogP) is 0.836. The smallest absolute Gasteiger partial charge is 0.0771 e. The summed E-state index contributed by atoms with van der Waals surface area (Å²) in [4.78, 5) is 0. The molecule has 0 aromatic carbocycles. The van der Waals surface area contributed by atoms with E-state index in [4.69, 9.17) is 4.74 Å². The Hall–Kier alpha value is -1.07. The normalized spacial score (nSPS) is 28.7. The van der Waals surface area contributed by atoms with Gasteiger partial charge >= 0.3 is 0 Å². The van der Waals surface area contributed by atoms with Gasteiger partial charge in [-0.05, 0) is 25.8 Å². The maximum atomic E-state index is 5.61. The molecule has 17 heavy (non-hydrogen) atoms. The Balaban J connectivity index is 1.54. The van der Waals surface area contributed by atoms with Gasteiger partial charge in [-0.25, -0.2) is 0 Å². The number of nitrogens with zero attached hydrogens (tertiary/aromatic N) is 2. The van der Waals surface area contributed by atoms with Gasteiger partial charge < -0.3 is 15.4 Å². The average molecular weight is 236 g/mol. The molecule has 0 aliphatic carbocycles. The van der Waals surface area contributed by atoms with Crippen LogP contribution in [0.5, 0.6) is 0 Å². The summed E-state index contributed by atoms with van der Waals surface area (Å²) in [7, 11) is 0. The number of aromatic nitrogens is 2. The zero-order valence-electron chi connectivity index (χ0n) is 10.1. The van der Waals surface area contributed by atoms with Gasteiger partial charge in [0.15, 0.2) is 0 Å². The van der Waals surface area contributed by atoms with Crippen molar-refractivity contribution in [3.05, 3.63) is 12.4 Å². The first kappa shape index (κ1) is 11.0. The molecule has 2 saturated heterocycles. The number of nitrogens with one attached hydrogen (secondary N) is 2. The zero-order chi connectivity index (χ0) is 11.5. The third-order valence-corrected chi connectivity index (χ3v) is 3.48. The lowest BCUT2D eigenvalue weighted by atomic mass is 10.2. The second-order valence-corrected chi connectivity index (χ2v) is 4.92. The summed E-state index contributed by atoms with van der Waals surface area (Å²) in [5, 5.41) is 11.2. The van der Waals surface area contributed by atoms with E-state index in [1.807, 2.05) is 10.9 Å². The SMILES string of the molecule is c1nn(CC2CCCO2)cc1NC1CCNC1. The molecule has 5 heteroatoms. The van der Waals surface area contributed by atoms with Crippen molar-refractivity contribution in [2.24, 2.45) is 0 Å². The van der Waals surface area contributed by atoms with Crippen molar-refractivity contribution in [1.82, 2.24) is 15.1 Å². The Bertz CT molecular complexity index is 321. The molecule has 2 fully saturated rings. The maximum absolute atomic E-state index is 5.61. The first-order valence-corrected chi connectivity index (χ1v) is 6.51. The van der Waals surface area contributed by atoms with E-state index in [0.717, 1.165) is 38.3 Å². The number of ether oxygens (including phenoxy) is 1. The molecule has 3 heterocycles. The summed E-state index contributed by atoms with van der Waals surface area (Å²) >= 11 is 0. The molecule has 2 unspecified atom stereocenters. The Labute approximate surface area is 102 Å². The van der Waals surface area contributed by atoms with Crippen LogP contribution in [0.4, 0.5) is 5.69 Å². The molecule has 2 aliphatic rings. The summed E-state index contributed by atoms with van der Waals surface area (Å²) in [6.45, 7) is 3.95. The fraction of sp³-hybridized carbons (Fsp3) is 0.750.